The molecule has 0 radical (unpaired) electrons. The molecule has 0 bridgehead atoms. The summed E-state index contributed by atoms with van der Waals surface area (Å²) < 4.78 is 0. The summed E-state index contributed by atoms with van der Waals surface area (Å²) in [7, 11) is 0. The lowest BCUT2D eigenvalue weighted by molar-refractivity contribution is -0.108. The lowest BCUT2D eigenvalue weighted by Gasteiger charge is -2.18. The molecule has 0 aliphatic heterocycles. The van der Waals surface area contributed by atoms with Gasteiger partial charge in [0.1, 0.15) is 29.8 Å². The highest BCUT2D eigenvalue weighted by Crippen LogP contribution is 2.43. The maximum absolute atomic E-state index is 10.6. The van der Waals surface area contributed by atoms with Crippen molar-refractivity contribution < 1.29 is 24.9 Å². The highest BCUT2D eigenvalue weighted by atomic mass is 16.3. The maximum atomic E-state index is 10.6. The van der Waals surface area contributed by atoms with Crippen LogP contribution in [0.1, 0.15) is 69.1 Å². The van der Waals surface area contributed by atoms with Gasteiger partial charge in [0, 0.05) is 29.5 Å². The average molecular weight is 362 g/mol. The van der Waals surface area contributed by atoms with E-state index >= 15 is 0 Å². The molecule has 0 unspecified atom stereocenters. The number of aldehydes is 2. The second-order valence-electron chi connectivity index (χ2n) is 6.79. The van der Waals surface area contributed by atoms with Crippen LogP contribution < -0.4 is 0 Å². The van der Waals surface area contributed by atoms with Crippen LogP contribution >= 0.6 is 0 Å². The van der Waals surface area contributed by atoms with Crippen molar-refractivity contribution in [1.29, 1.82) is 0 Å². The Hall–Kier alpha value is -2.30. The van der Waals surface area contributed by atoms with E-state index in [1.54, 1.807) is 0 Å². The minimum absolute atomic E-state index is 0.0692. The Bertz CT molecular complexity index is 599. The zero-order valence-electron chi connectivity index (χ0n) is 15.8. The first-order valence-electron chi connectivity index (χ1n) is 9.22. The SMILES string of the molecule is CC(C)=CCc1c(O)c(CCCCC=O)c(O)c(CCCCC=O)c1O. The van der Waals surface area contributed by atoms with Crippen LogP contribution in [0.2, 0.25) is 0 Å². The second kappa shape index (κ2) is 11.3. The molecule has 1 aromatic rings. The predicted octanol–water partition coefficient (Wildman–Crippen LogP) is 4.14. The van der Waals surface area contributed by atoms with E-state index in [1.165, 1.54) is 0 Å². The van der Waals surface area contributed by atoms with Crippen molar-refractivity contribution in [3.8, 4) is 17.2 Å². The van der Waals surface area contributed by atoms with Gasteiger partial charge in [-0.1, -0.05) is 11.6 Å². The summed E-state index contributed by atoms with van der Waals surface area (Å²) in [5.41, 5.74) is 2.34. The fourth-order valence-corrected chi connectivity index (χ4v) is 2.91. The first-order valence-corrected chi connectivity index (χ1v) is 9.22. The van der Waals surface area contributed by atoms with Gasteiger partial charge in [-0.25, -0.2) is 0 Å². The van der Waals surface area contributed by atoms with Gasteiger partial charge in [-0.05, 0) is 58.8 Å². The standard InChI is InChI=1S/C21H30O5/c1-15(2)11-12-18-20(25)16(9-5-3-7-13-22)19(24)17(21(18)26)10-6-4-8-14-23/h11,13-14,24-26H,3-10,12H2,1-2H3. The van der Waals surface area contributed by atoms with Gasteiger partial charge in [-0.15, -0.1) is 0 Å². The molecule has 26 heavy (non-hydrogen) atoms. The molecule has 1 rings (SSSR count). The van der Waals surface area contributed by atoms with Crippen molar-refractivity contribution in [2.45, 2.75) is 71.6 Å². The summed E-state index contributed by atoms with van der Waals surface area (Å²) in [4.78, 5) is 20.9. The van der Waals surface area contributed by atoms with Crippen molar-refractivity contribution >= 4 is 12.6 Å². The Balaban J connectivity index is 3.19. The second-order valence-corrected chi connectivity index (χ2v) is 6.79. The number of carbonyl (C=O) groups excluding carboxylic acids is 2. The summed E-state index contributed by atoms with van der Waals surface area (Å²) in [6.07, 6.45) is 8.47. The molecule has 5 nitrogen and oxygen atoms in total. The van der Waals surface area contributed by atoms with Crippen molar-refractivity contribution in [2.75, 3.05) is 0 Å². The lowest BCUT2D eigenvalue weighted by atomic mass is 9.92. The van der Waals surface area contributed by atoms with E-state index in [9.17, 15) is 24.9 Å². The van der Waals surface area contributed by atoms with Crippen LogP contribution in [0.3, 0.4) is 0 Å². The van der Waals surface area contributed by atoms with Crippen LogP contribution in [0.15, 0.2) is 11.6 Å². The van der Waals surface area contributed by atoms with E-state index < -0.39 is 0 Å². The highest BCUT2D eigenvalue weighted by Gasteiger charge is 2.22. The molecule has 0 saturated heterocycles. The third kappa shape index (κ3) is 6.21. The molecule has 0 spiro atoms. The van der Waals surface area contributed by atoms with Crippen molar-refractivity contribution in [1.82, 2.24) is 0 Å². The van der Waals surface area contributed by atoms with E-state index in [0.29, 0.717) is 74.5 Å². The number of hydrogen-bond acceptors (Lipinski definition) is 5. The Morgan fingerprint density at radius 1 is 0.731 bits per heavy atom. The molecule has 0 aromatic heterocycles. The molecule has 0 atom stereocenters. The van der Waals surface area contributed by atoms with Crippen LogP contribution in [-0.4, -0.2) is 27.9 Å². The molecule has 0 heterocycles. The summed E-state index contributed by atoms with van der Waals surface area (Å²) in [5.74, 6) is -0.210. The Kier molecular flexibility index (Phi) is 9.48. The van der Waals surface area contributed by atoms with Gasteiger partial charge in [0.15, 0.2) is 0 Å². The third-order valence-corrected chi connectivity index (χ3v) is 4.43. The normalized spacial score (nSPS) is 10.5. The van der Waals surface area contributed by atoms with E-state index in [0.717, 1.165) is 18.1 Å². The molecular formula is C21H30O5. The number of allylic oxidation sites excluding steroid dienone is 2. The van der Waals surface area contributed by atoms with E-state index in [1.807, 2.05) is 19.9 Å². The third-order valence-electron chi connectivity index (χ3n) is 4.43. The first kappa shape index (κ1) is 21.7. The first-order chi connectivity index (χ1) is 12.4. The van der Waals surface area contributed by atoms with Gasteiger partial charge in [-0.2, -0.15) is 0 Å². The fraction of sp³-hybridized carbons (Fsp3) is 0.524. The molecule has 0 aliphatic carbocycles. The van der Waals surface area contributed by atoms with Gasteiger partial charge >= 0.3 is 0 Å². The number of phenolic OH excluding ortho intramolecular Hbond substituents is 3. The quantitative estimate of drug-likeness (QED) is 0.295. The molecule has 0 fully saturated rings. The van der Waals surface area contributed by atoms with Crippen LogP contribution in [-0.2, 0) is 28.9 Å². The summed E-state index contributed by atoms with van der Waals surface area (Å²) in [6.45, 7) is 3.88. The Morgan fingerprint density at radius 2 is 1.15 bits per heavy atom. The van der Waals surface area contributed by atoms with Gasteiger partial charge in [0.25, 0.3) is 0 Å². The molecule has 0 aliphatic rings. The van der Waals surface area contributed by atoms with Crippen molar-refractivity contribution in [3.05, 3.63) is 28.3 Å². The van der Waals surface area contributed by atoms with E-state index in [2.05, 4.69) is 0 Å². The summed E-state index contributed by atoms with van der Waals surface area (Å²) >= 11 is 0. The smallest absolute Gasteiger partial charge is 0.129 e. The van der Waals surface area contributed by atoms with Gasteiger partial charge in [0.05, 0.1) is 0 Å². The monoisotopic (exact) mass is 362 g/mol. The fourth-order valence-electron chi connectivity index (χ4n) is 2.91. The number of hydrogen-bond donors (Lipinski definition) is 3. The van der Waals surface area contributed by atoms with Crippen molar-refractivity contribution in [3.63, 3.8) is 0 Å². The molecular weight excluding hydrogens is 332 g/mol. The van der Waals surface area contributed by atoms with Crippen molar-refractivity contribution in [2.24, 2.45) is 0 Å². The van der Waals surface area contributed by atoms with E-state index in [4.69, 9.17) is 0 Å². The molecule has 0 saturated carbocycles. The van der Waals surface area contributed by atoms with Gasteiger partial charge in [-0.3, -0.25) is 0 Å². The Morgan fingerprint density at radius 3 is 1.54 bits per heavy atom. The maximum Gasteiger partial charge on any atom is 0.129 e. The highest BCUT2D eigenvalue weighted by molar-refractivity contribution is 5.62. The number of aromatic hydroxyl groups is 3. The van der Waals surface area contributed by atoms with Crippen LogP contribution in [0.4, 0.5) is 0 Å². The zero-order chi connectivity index (χ0) is 19.5. The minimum atomic E-state index is -0.0712. The largest absolute Gasteiger partial charge is 0.507 e. The lowest BCUT2D eigenvalue weighted by Crippen LogP contribution is -2.00. The topological polar surface area (TPSA) is 94.8 Å². The minimum Gasteiger partial charge on any atom is -0.507 e. The number of carbonyl (C=O) groups is 2. The van der Waals surface area contributed by atoms with Gasteiger partial charge in [0.2, 0.25) is 0 Å². The number of benzene rings is 1. The average Bonchev–Trinajstić information content (AvgIpc) is 2.60. The zero-order valence-corrected chi connectivity index (χ0v) is 15.8. The molecule has 0 amide bonds. The van der Waals surface area contributed by atoms with Crippen LogP contribution in [0.5, 0.6) is 17.2 Å². The van der Waals surface area contributed by atoms with Crippen LogP contribution in [0, 0.1) is 0 Å². The molecule has 144 valence electrons. The molecule has 3 N–H and O–H groups in total. The predicted molar refractivity (Wildman–Crippen MR) is 102 cm³/mol. The van der Waals surface area contributed by atoms with Crippen LogP contribution in [0.25, 0.3) is 0 Å². The molecule has 5 heteroatoms. The summed E-state index contributed by atoms with van der Waals surface area (Å²) in [6, 6.07) is 0. The summed E-state index contributed by atoms with van der Waals surface area (Å²) in [5, 5.41) is 31.8. The number of phenols is 3. The number of rotatable bonds is 12. The Labute approximate surface area is 155 Å². The number of unbranched alkanes of at least 4 members (excludes halogenated alkanes) is 4. The van der Waals surface area contributed by atoms with E-state index in [-0.39, 0.29) is 17.2 Å². The van der Waals surface area contributed by atoms with Gasteiger partial charge < -0.3 is 24.9 Å². The molecule has 1 aromatic carbocycles.